The number of rotatable bonds is 5. The lowest BCUT2D eigenvalue weighted by Gasteiger charge is -2.29. The molecule has 1 aliphatic heterocycles. The van der Waals surface area contributed by atoms with Gasteiger partial charge in [-0.2, -0.15) is 0 Å². The molecule has 27 heavy (non-hydrogen) atoms. The van der Waals surface area contributed by atoms with Crippen molar-refractivity contribution in [3.8, 4) is 0 Å². The highest BCUT2D eigenvalue weighted by Crippen LogP contribution is 2.34. The summed E-state index contributed by atoms with van der Waals surface area (Å²) in [5, 5.41) is 3.59. The maximum absolute atomic E-state index is 13.2. The van der Waals surface area contributed by atoms with Crippen molar-refractivity contribution in [2.45, 2.75) is 25.7 Å². The predicted molar refractivity (Wildman–Crippen MR) is 103 cm³/mol. The van der Waals surface area contributed by atoms with E-state index < -0.39 is 0 Å². The number of carbonyl (C=O) groups excluding carboxylic acids is 1. The Kier molecular flexibility index (Phi) is 4.73. The molecule has 3 aromatic carbocycles. The van der Waals surface area contributed by atoms with Gasteiger partial charge in [0.1, 0.15) is 12.0 Å². The lowest BCUT2D eigenvalue weighted by molar-refractivity contribution is 0.0665. The molecule has 1 amide bonds. The third kappa shape index (κ3) is 3.49. The molecule has 1 aliphatic rings. The number of hydrogen-bond acceptors (Lipinski definition) is 2. The number of benzene rings is 3. The van der Waals surface area contributed by atoms with Crippen molar-refractivity contribution in [3.63, 3.8) is 0 Å². The van der Waals surface area contributed by atoms with Crippen LogP contribution < -0.4 is 5.32 Å². The predicted octanol–water partition coefficient (Wildman–Crippen LogP) is 4.83. The van der Waals surface area contributed by atoms with Crippen LogP contribution in [0.15, 0.2) is 78.9 Å². The number of nitrogens with zero attached hydrogens (tertiary/aromatic N) is 1. The second-order valence-corrected chi connectivity index (χ2v) is 6.85. The molecule has 0 aliphatic carbocycles. The zero-order valence-electron chi connectivity index (χ0n) is 15.1. The van der Waals surface area contributed by atoms with Crippen LogP contribution in [0.5, 0.6) is 0 Å². The molecule has 136 valence electrons. The molecule has 0 aromatic heterocycles. The Hall–Kier alpha value is -2.98. The highest BCUT2D eigenvalue weighted by molar-refractivity contribution is 5.99. The van der Waals surface area contributed by atoms with Crippen molar-refractivity contribution in [3.05, 3.63) is 107 Å². The first-order chi connectivity index (χ1) is 13.1. The Morgan fingerprint density at radius 1 is 0.963 bits per heavy atom. The number of fused-ring (bicyclic) bond motifs is 1. The van der Waals surface area contributed by atoms with Gasteiger partial charge in [-0.1, -0.05) is 60.7 Å². The summed E-state index contributed by atoms with van der Waals surface area (Å²) in [5.74, 6) is -0.283. The van der Waals surface area contributed by atoms with Crippen LogP contribution in [-0.4, -0.2) is 10.8 Å². The number of carbonyl (C=O) groups is 1. The normalized spacial score (nSPS) is 17.0. The lowest BCUT2D eigenvalue weighted by atomic mass is 10.1. The molecule has 0 bridgehead atoms. The standard InChI is InChI=1S/C23H21FN2O/c1-16(18-7-3-2-4-8-18)25-22-20-9-5-6-10-21(20)23(27)26(22)15-17-11-13-19(24)14-12-17/h2-14,16,22,25H,15H2,1H3/t16-,22-/m0/s1. The Labute approximate surface area is 158 Å². The van der Waals surface area contributed by atoms with E-state index in [1.165, 1.54) is 12.1 Å². The SMILES string of the molecule is C[C@H](N[C@@H]1c2ccccc2C(=O)N1Cc1ccc(F)cc1)c1ccccc1. The van der Waals surface area contributed by atoms with Crippen LogP contribution in [0, 0.1) is 5.82 Å². The van der Waals surface area contributed by atoms with E-state index in [1.54, 1.807) is 12.1 Å². The Morgan fingerprint density at radius 2 is 1.63 bits per heavy atom. The van der Waals surface area contributed by atoms with Gasteiger partial charge < -0.3 is 4.90 Å². The minimum Gasteiger partial charge on any atom is -0.315 e. The summed E-state index contributed by atoms with van der Waals surface area (Å²) in [6, 6.07) is 24.2. The average Bonchev–Trinajstić information content (AvgIpc) is 2.96. The number of nitrogens with one attached hydrogen (secondary N) is 1. The first kappa shape index (κ1) is 17.4. The van der Waals surface area contributed by atoms with Crippen LogP contribution in [0.2, 0.25) is 0 Å². The van der Waals surface area contributed by atoms with Crippen molar-refractivity contribution in [2.75, 3.05) is 0 Å². The number of halogens is 1. The van der Waals surface area contributed by atoms with Gasteiger partial charge in [-0.15, -0.1) is 0 Å². The van der Waals surface area contributed by atoms with Crippen LogP contribution in [0.25, 0.3) is 0 Å². The summed E-state index contributed by atoms with van der Waals surface area (Å²) >= 11 is 0. The van der Waals surface area contributed by atoms with Gasteiger partial charge in [0, 0.05) is 23.7 Å². The molecule has 0 spiro atoms. The van der Waals surface area contributed by atoms with Crippen molar-refractivity contribution in [1.82, 2.24) is 10.2 Å². The molecule has 2 atom stereocenters. The Morgan fingerprint density at radius 3 is 2.37 bits per heavy atom. The number of hydrogen-bond donors (Lipinski definition) is 1. The molecule has 1 N–H and O–H groups in total. The summed E-state index contributed by atoms with van der Waals surface area (Å²) in [5.41, 5.74) is 3.76. The van der Waals surface area contributed by atoms with E-state index >= 15 is 0 Å². The van der Waals surface area contributed by atoms with Gasteiger partial charge in [0.25, 0.3) is 5.91 Å². The Bertz CT molecular complexity index is 940. The van der Waals surface area contributed by atoms with E-state index in [1.807, 2.05) is 47.4 Å². The largest absolute Gasteiger partial charge is 0.315 e. The van der Waals surface area contributed by atoms with Crippen LogP contribution in [0.1, 0.15) is 46.2 Å². The van der Waals surface area contributed by atoms with Crippen LogP contribution in [0.3, 0.4) is 0 Å². The second-order valence-electron chi connectivity index (χ2n) is 6.85. The van der Waals surface area contributed by atoms with Crippen LogP contribution in [-0.2, 0) is 6.54 Å². The minimum atomic E-state index is -0.276. The zero-order chi connectivity index (χ0) is 18.8. The van der Waals surface area contributed by atoms with E-state index in [0.29, 0.717) is 6.54 Å². The topological polar surface area (TPSA) is 32.3 Å². The quantitative estimate of drug-likeness (QED) is 0.707. The van der Waals surface area contributed by atoms with Gasteiger partial charge in [0.15, 0.2) is 0 Å². The summed E-state index contributed by atoms with van der Waals surface area (Å²) in [7, 11) is 0. The van der Waals surface area contributed by atoms with E-state index in [9.17, 15) is 9.18 Å². The van der Waals surface area contributed by atoms with E-state index in [2.05, 4.69) is 24.4 Å². The third-order valence-electron chi connectivity index (χ3n) is 5.03. The monoisotopic (exact) mass is 360 g/mol. The second kappa shape index (κ2) is 7.33. The van der Waals surface area contributed by atoms with Crippen molar-refractivity contribution in [1.29, 1.82) is 0 Å². The Balaban J connectivity index is 1.64. The average molecular weight is 360 g/mol. The number of amides is 1. The molecule has 0 saturated heterocycles. The minimum absolute atomic E-state index is 0.00677. The van der Waals surface area contributed by atoms with Crippen molar-refractivity contribution >= 4 is 5.91 Å². The maximum atomic E-state index is 13.2. The highest BCUT2D eigenvalue weighted by Gasteiger charge is 2.37. The fraction of sp³-hybridized carbons (Fsp3) is 0.174. The molecule has 4 heteroatoms. The van der Waals surface area contributed by atoms with Crippen molar-refractivity contribution in [2.24, 2.45) is 0 Å². The molecule has 3 nitrogen and oxygen atoms in total. The van der Waals surface area contributed by atoms with Crippen LogP contribution in [0.4, 0.5) is 4.39 Å². The van der Waals surface area contributed by atoms with E-state index in [4.69, 9.17) is 0 Å². The molecule has 1 heterocycles. The lowest BCUT2D eigenvalue weighted by Crippen LogP contribution is -2.37. The van der Waals surface area contributed by atoms with Gasteiger partial charge in [-0.25, -0.2) is 4.39 Å². The molecule has 0 saturated carbocycles. The van der Waals surface area contributed by atoms with Gasteiger partial charge in [-0.3, -0.25) is 10.1 Å². The molecular weight excluding hydrogens is 339 g/mol. The fourth-order valence-electron chi connectivity index (χ4n) is 3.57. The zero-order valence-corrected chi connectivity index (χ0v) is 15.1. The maximum Gasteiger partial charge on any atom is 0.256 e. The summed E-state index contributed by atoms with van der Waals surface area (Å²) in [6.45, 7) is 2.52. The summed E-state index contributed by atoms with van der Waals surface area (Å²) in [6.07, 6.45) is -0.228. The molecule has 0 fully saturated rings. The molecule has 0 radical (unpaired) electrons. The first-order valence-corrected chi connectivity index (χ1v) is 9.09. The molecule has 3 aromatic rings. The molecular formula is C23H21FN2O. The fourth-order valence-corrected chi connectivity index (χ4v) is 3.57. The molecule has 0 unspecified atom stereocenters. The van der Waals surface area contributed by atoms with Gasteiger partial charge >= 0.3 is 0 Å². The smallest absolute Gasteiger partial charge is 0.256 e. The van der Waals surface area contributed by atoms with Crippen LogP contribution >= 0.6 is 0 Å². The first-order valence-electron chi connectivity index (χ1n) is 9.09. The van der Waals surface area contributed by atoms with Gasteiger partial charge in [0.2, 0.25) is 0 Å². The summed E-state index contributed by atoms with van der Waals surface area (Å²) < 4.78 is 13.2. The van der Waals surface area contributed by atoms with Gasteiger partial charge in [0.05, 0.1) is 0 Å². The van der Waals surface area contributed by atoms with Crippen molar-refractivity contribution < 1.29 is 9.18 Å². The van der Waals surface area contributed by atoms with E-state index in [0.717, 1.165) is 22.3 Å². The van der Waals surface area contributed by atoms with E-state index in [-0.39, 0.29) is 23.9 Å². The van der Waals surface area contributed by atoms with Gasteiger partial charge in [-0.05, 0) is 36.2 Å². The third-order valence-corrected chi connectivity index (χ3v) is 5.03. The molecule has 4 rings (SSSR count). The summed E-state index contributed by atoms with van der Waals surface area (Å²) in [4.78, 5) is 14.8. The highest BCUT2D eigenvalue weighted by atomic mass is 19.1.